The van der Waals surface area contributed by atoms with E-state index >= 15 is 4.39 Å². The zero-order chi connectivity index (χ0) is 20.6. The highest BCUT2D eigenvalue weighted by Crippen LogP contribution is 2.32. The van der Waals surface area contributed by atoms with Gasteiger partial charge in [0.15, 0.2) is 0 Å². The molecule has 0 unspecified atom stereocenters. The van der Waals surface area contributed by atoms with Gasteiger partial charge in [-0.1, -0.05) is 20.8 Å². The minimum Gasteiger partial charge on any atom is -0.395 e. The third-order valence-corrected chi connectivity index (χ3v) is 5.57. The molecular formula is C22H34FN3O2. The third-order valence-electron chi connectivity index (χ3n) is 5.57. The zero-order valence-corrected chi connectivity index (χ0v) is 17.9. The molecule has 28 heavy (non-hydrogen) atoms. The molecule has 2 aromatic rings. The van der Waals surface area contributed by atoms with Crippen molar-refractivity contribution in [1.29, 1.82) is 0 Å². The summed E-state index contributed by atoms with van der Waals surface area (Å²) in [6, 6.07) is 3.15. The summed E-state index contributed by atoms with van der Waals surface area (Å²) < 4.78 is 23.0. The van der Waals surface area contributed by atoms with Gasteiger partial charge in [0.2, 0.25) is 0 Å². The normalized spacial score (nSPS) is 24.1. The highest BCUT2D eigenvalue weighted by molar-refractivity contribution is 5.78. The van der Waals surface area contributed by atoms with Crippen LogP contribution >= 0.6 is 0 Å². The van der Waals surface area contributed by atoms with E-state index in [2.05, 4.69) is 30.7 Å². The molecule has 3 heterocycles. The molecule has 2 N–H and O–H groups in total. The number of aryl methyl sites for hydroxylation is 1. The maximum absolute atomic E-state index is 15.0. The summed E-state index contributed by atoms with van der Waals surface area (Å²) in [5, 5.41) is 14.1. The van der Waals surface area contributed by atoms with Gasteiger partial charge in [0.05, 0.1) is 36.6 Å². The van der Waals surface area contributed by atoms with Gasteiger partial charge >= 0.3 is 0 Å². The molecule has 5 nitrogen and oxygen atoms in total. The molecule has 3 atom stereocenters. The molecule has 1 aliphatic rings. The molecule has 0 spiro atoms. The average Bonchev–Trinajstić information content (AvgIpc) is 2.79. The van der Waals surface area contributed by atoms with Gasteiger partial charge < -0.3 is 19.7 Å². The van der Waals surface area contributed by atoms with Gasteiger partial charge in [-0.3, -0.25) is 0 Å². The Kier molecular flexibility index (Phi) is 6.13. The molecule has 1 aliphatic heterocycles. The summed E-state index contributed by atoms with van der Waals surface area (Å²) in [5.41, 5.74) is 2.30. The van der Waals surface area contributed by atoms with Gasteiger partial charge in [-0.2, -0.15) is 0 Å². The lowest BCUT2D eigenvalue weighted by Gasteiger charge is -2.28. The van der Waals surface area contributed by atoms with Crippen LogP contribution in [0.2, 0.25) is 0 Å². The summed E-state index contributed by atoms with van der Waals surface area (Å²) >= 11 is 0. The summed E-state index contributed by atoms with van der Waals surface area (Å²) in [5.74, 6) is -0.295. The van der Waals surface area contributed by atoms with Crippen molar-refractivity contribution in [3.05, 3.63) is 29.3 Å². The SMILES string of the molecule is CC(C)O[C@@H]1CCC[C@@H](c2nc3c(cc2F)cc(C(C)(C)C)n3C)N[C@H]1CO. The van der Waals surface area contributed by atoms with Crippen molar-refractivity contribution in [2.24, 2.45) is 7.05 Å². The Morgan fingerprint density at radius 2 is 2.04 bits per heavy atom. The predicted molar refractivity (Wildman–Crippen MR) is 110 cm³/mol. The van der Waals surface area contributed by atoms with E-state index in [-0.39, 0.29) is 42.1 Å². The topological polar surface area (TPSA) is 59.3 Å². The Morgan fingerprint density at radius 3 is 2.64 bits per heavy atom. The van der Waals surface area contributed by atoms with Crippen LogP contribution in [0.1, 0.15) is 71.3 Å². The van der Waals surface area contributed by atoms with Crippen LogP contribution < -0.4 is 5.32 Å². The van der Waals surface area contributed by atoms with Gasteiger partial charge in [0.1, 0.15) is 11.5 Å². The first-order chi connectivity index (χ1) is 13.1. The van der Waals surface area contributed by atoms with Crippen molar-refractivity contribution in [1.82, 2.24) is 14.9 Å². The van der Waals surface area contributed by atoms with Gasteiger partial charge in [0.25, 0.3) is 0 Å². The molecule has 2 aromatic heterocycles. The minimum atomic E-state index is -0.295. The number of nitrogens with zero attached hydrogens (tertiary/aromatic N) is 2. The Hall–Kier alpha value is -1.50. The number of rotatable bonds is 4. The van der Waals surface area contributed by atoms with Crippen molar-refractivity contribution in [3.63, 3.8) is 0 Å². The summed E-state index contributed by atoms with van der Waals surface area (Å²) in [6.45, 7) is 10.4. The molecule has 0 radical (unpaired) electrons. The van der Waals surface area contributed by atoms with Gasteiger partial charge in [-0.15, -0.1) is 0 Å². The molecule has 1 saturated heterocycles. The van der Waals surface area contributed by atoms with E-state index < -0.39 is 0 Å². The molecule has 3 rings (SSSR count). The molecule has 1 fully saturated rings. The van der Waals surface area contributed by atoms with Crippen molar-refractivity contribution in [3.8, 4) is 0 Å². The molecule has 0 amide bonds. The first kappa shape index (κ1) is 21.2. The first-order valence-electron chi connectivity index (χ1n) is 10.3. The summed E-state index contributed by atoms with van der Waals surface area (Å²) in [6.07, 6.45) is 2.51. The minimum absolute atomic E-state index is 0.0456. The molecule has 0 aliphatic carbocycles. The van der Waals surface area contributed by atoms with Crippen molar-refractivity contribution in [2.75, 3.05) is 6.61 Å². The monoisotopic (exact) mass is 391 g/mol. The fourth-order valence-electron chi connectivity index (χ4n) is 4.28. The van der Waals surface area contributed by atoms with E-state index in [0.29, 0.717) is 5.69 Å². The maximum atomic E-state index is 15.0. The van der Waals surface area contributed by atoms with E-state index in [0.717, 1.165) is 36.0 Å². The Bertz CT molecular complexity index is 825. The molecule has 0 aromatic carbocycles. The number of nitrogens with one attached hydrogen (secondary N) is 1. The van der Waals surface area contributed by atoms with Crippen LogP contribution in [0, 0.1) is 5.82 Å². The van der Waals surface area contributed by atoms with Crippen LogP contribution in [-0.2, 0) is 17.2 Å². The average molecular weight is 392 g/mol. The Morgan fingerprint density at radius 1 is 1.32 bits per heavy atom. The number of hydrogen-bond acceptors (Lipinski definition) is 4. The van der Waals surface area contributed by atoms with Crippen LogP contribution in [-0.4, -0.2) is 39.5 Å². The highest BCUT2D eigenvalue weighted by Gasteiger charge is 2.31. The standard InChI is InChI=1S/C22H34FN3O2/c1-13(2)28-18-9-7-8-16(24-17(18)12-27)20-15(23)10-14-11-19(22(3,4)5)26(6)21(14)25-20/h10-11,13,16-18,24,27H,7-9,12H2,1-6H3/t16-,17-,18+/m0/s1. The number of aliphatic hydroxyl groups excluding tert-OH is 1. The van der Waals surface area contributed by atoms with E-state index in [4.69, 9.17) is 9.72 Å². The van der Waals surface area contributed by atoms with Crippen LogP contribution in [0.25, 0.3) is 11.0 Å². The van der Waals surface area contributed by atoms with Crippen LogP contribution in [0.4, 0.5) is 4.39 Å². The van der Waals surface area contributed by atoms with Crippen LogP contribution in [0.15, 0.2) is 12.1 Å². The smallest absolute Gasteiger partial charge is 0.147 e. The number of aliphatic hydroxyl groups is 1. The number of aromatic nitrogens is 2. The number of halogens is 1. The summed E-state index contributed by atoms with van der Waals surface area (Å²) in [7, 11) is 1.99. The Labute approximate surface area is 167 Å². The van der Waals surface area contributed by atoms with Crippen molar-refractivity contribution < 1.29 is 14.2 Å². The molecule has 156 valence electrons. The fourth-order valence-corrected chi connectivity index (χ4v) is 4.28. The third kappa shape index (κ3) is 4.24. The molecule has 0 saturated carbocycles. The van der Waals surface area contributed by atoms with Crippen LogP contribution in [0.3, 0.4) is 0 Å². The quantitative estimate of drug-likeness (QED) is 0.828. The second kappa shape index (κ2) is 8.09. The Balaban J connectivity index is 1.96. The van der Waals surface area contributed by atoms with Crippen molar-refractivity contribution >= 4 is 11.0 Å². The molecular weight excluding hydrogens is 357 g/mol. The van der Waals surface area contributed by atoms with Gasteiger partial charge in [-0.05, 0) is 45.2 Å². The lowest BCUT2D eigenvalue weighted by atomic mass is 9.92. The summed E-state index contributed by atoms with van der Waals surface area (Å²) in [4.78, 5) is 4.73. The van der Waals surface area contributed by atoms with Gasteiger partial charge in [0, 0.05) is 23.5 Å². The first-order valence-corrected chi connectivity index (χ1v) is 10.3. The van der Waals surface area contributed by atoms with Crippen molar-refractivity contribution in [2.45, 2.75) is 83.6 Å². The van der Waals surface area contributed by atoms with Gasteiger partial charge in [-0.25, -0.2) is 9.37 Å². The zero-order valence-electron chi connectivity index (χ0n) is 17.9. The molecule has 0 bridgehead atoms. The van der Waals surface area contributed by atoms with E-state index in [1.165, 1.54) is 0 Å². The largest absolute Gasteiger partial charge is 0.395 e. The maximum Gasteiger partial charge on any atom is 0.147 e. The van der Waals surface area contributed by atoms with E-state index in [9.17, 15) is 5.11 Å². The highest BCUT2D eigenvalue weighted by atomic mass is 19.1. The lowest BCUT2D eigenvalue weighted by Crippen LogP contribution is -2.45. The lowest BCUT2D eigenvalue weighted by molar-refractivity contribution is -0.0268. The van der Waals surface area contributed by atoms with Crippen LogP contribution in [0.5, 0.6) is 0 Å². The van der Waals surface area contributed by atoms with E-state index in [1.54, 1.807) is 6.07 Å². The van der Waals surface area contributed by atoms with E-state index in [1.807, 2.05) is 27.0 Å². The number of ether oxygens (including phenoxy) is 1. The number of pyridine rings is 1. The second-order valence-corrected chi connectivity index (χ2v) is 9.27. The molecule has 6 heteroatoms. The second-order valence-electron chi connectivity index (χ2n) is 9.27. The number of fused-ring (bicyclic) bond motifs is 1. The fraction of sp³-hybridized carbons (Fsp3) is 0.682. The predicted octanol–water partition coefficient (Wildman–Crippen LogP) is 3.98. The number of hydrogen-bond donors (Lipinski definition) is 2.